The van der Waals surface area contributed by atoms with Crippen molar-refractivity contribution < 1.29 is 19.0 Å². The van der Waals surface area contributed by atoms with E-state index < -0.39 is 11.8 Å². The third kappa shape index (κ3) is 5.58. The molecular weight excluding hydrogens is 575 g/mol. The molecule has 11 nitrogen and oxygen atoms in total. The number of nitriles is 1. The monoisotopic (exact) mass is 606 g/mol. The number of piperazine rings is 1. The van der Waals surface area contributed by atoms with Crippen molar-refractivity contribution in [1.29, 1.82) is 5.26 Å². The molecule has 2 fully saturated rings. The zero-order valence-electron chi connectivity index (χ0n) is 24.7. The van der Waals surface area contributed by atoms with Gasteiger partial charge in [0.05, 0.1) is 47.0 Å². The smallest absolute Gasteiger partial charge is 0.335 e. The van der Waals surface area contributed by atoms with Crippen molar-refractivity contribution in [2.45, 2.75) is 44.6 Å². The van der Waals surface area contributed by atoms with Crippen LogP contribution < -0.4 is 9.64 Å². The van der Waals surface area contributed by atoms with Gasteiger partial charge in [-0.2, -0.15) is 15.3 Å². The Morgan fingerprint density at radius 2 is 1.93 bits per heavy atom. The summed E-state index contributed by atoms with van der Waals surface area (Å²) in [5.41, 5.74) is 3.27. The van der Waals surface area contributed by atoms with Gasteiger partial charge in [-0.25, -0.2) is 14.2 Å². The predicted octanol–water partition coefficient (Wildman–Crippen LogP) is 4.35. The maximum absolute atomic E-state index is 14.4. The first-order valence-electron chi connectivity index (χ1n) is 14.9. The normalized spacial score (nSPS) is 17.9. The number of benzene rings is 2. The maximum Gasteiger partial charge on any atom is 0.335 e. The van der Waals surface area contributed by atoms with Crippen LogP contribution in [0, 0.1) is 17.1 Å². The second-order valence-corrected chi connectivity index (χ2v) is 11.5. The second kappa shape index (κ2) is 11.7. The summed E-state index contributed by atoms with van der Waals surface area (Å²) in [5, 5.41) is 23.2. The number of hydrogen-bond acceptors (Lipinski definition) is 8. The van der Waals surface area contributed by atoms with Gasteiger partial charge in [-0.1, -0.05) is 12.1 Å². The number of halogens is 1. The quantitative estimate of drug-likeness (QED) is 0.261. The molecule has 7 rings (SSSR count). The fourth-order valence-electron chi connectivity index (χ4n) is 6.33. The van der Waals surface area contributed by atoms with Crippen molar-refractivity contribution >= 4 is 22.8 Å². The first-order valence-corrected chi connectivity index (χ1v) is 14.9. The molecule has 1 N–H and O–H groups in total. The van der Waals surface area contributed by atoms with Crippen molar-refractivity contribution in [3.8, 4) is 11.9 Å². The molecule has 2 aromatic carbocycles. The number of pyridine rings is 1. The highest BCUT2D eigenvalue weighted by molar-refractivity contribution is 5.92. The fraction of sp³-hybridized carbons (Fsp3) is 0.303. The number of nitrogens with zero attached hydrogens (tertiary/aromatic N) is 8. The third-order valence-electron chi connectivity index (χ3n) is 8.77. The van der Waals surface area contributed by atoms with Crippen molar-refractivity contribution in [3.05, 3.63) is 101 Å². The minimum Gasteiger partial charge on any atom is -0.478 e. The van der Waals surface area contributed by atoms with E-state index in [2.05, 4.69) is 19.5 Å². The molecule has 0 spiro atoms. The third-order valence-corrected chi connectivity index (χ3v) is 8.77. The Labute approximate surface area is 258 Å². The van der Waals surface area contributed by atoms with Crippen LogP contribution in [0.3, 0.4) is 0 Å². The molecule has 228 valence electrons. The van der Waals surface area contributed by atoms with E-state index in [4.69, 9.17) is 20.0 Å². The van der Waals surface area contributed by atoms with Gasteiger partial charge in [0.15, 0.2) is 0 Å². The van der Waals surface area contributed by atoms with Gasteiger partial charge < -0.3 is 19.3 Å². The molecule has 12 heteroatoms. The van der Waals surface area contributed by atoms with Crippen LogP contribution in [0.4, 0.5) is 10.2 Å². The number of rotatable bonds is 9. The van der Waals surface area contributed by atoms with Crippen molar-refractivity contribution in [1.82, 2.24) is 29.2 Å². The minimum atomic E-state index is -0.970. The average Bonchev–Trinajstić information content (AvgIpc) is 3.59. The highest BCUT2D eigenvalue weighted by atomic mass is 19.1. The van der Waals surface area contributed by atoms with Gasteiger partial charge in [-0.05, 0) is 55.3 Å². The zero-order chi connectivity index (χ0) is 31.1. The highest BCUT2D eigenvalue weighted by Crippen LogP contribution is 2.37. The van der Waals surface area contributed by atoms with E-state index in [9.17, 15) is 14.3 Å². The summed E-state index contributed by atoms with van der Waals surface area (Å²) in [7, 11) is 1.88. The lowest BCUT2D eigenvalue weighted by atomic mass is 9.81. The molecular formula is C33H31FN8O3. The first kappa shape index (κ1) is 28.5. The molecule has 3 aromatic heterocycles. The Hall–Kier alpha value is -5.28. The van der Waals surface area contributed by atoms with E-state index in [0.717, 1.165) is 54.3 Å². The number of carboxylic acid groups (broad SMARTS) is 1. The average molecular weight is 607 g/mol. The van der Waals surface area contributed by atoms with Crippen molar-refractivity contribution in [2.75, 3.05) is 18.0 Å². The van der Waals surface area contributed by atoms with E-state index in [0.29, 0.717) is 30.6 Å². The molecule has 2 unspecified atom stereocenters. The van der Waals surface area contributed by atoms with Crippen molar-refractivity contribution in [3.63, 3.8) is 0 Å². The molecule has 0 bridgehead atoms. The van der Waals surface area contributed by atoms with E-state index in [-0.39, 0.29) is 23.8 Å². The van der Waals surface area contributed by atoms with Crippen LogP contribution in [-0.4, -0.2) is 65.5 Å². The van der Waals surface area contributed by atoms with E-state index >= 15 is 0 Å². The Bertz CT molecular complexity index is 1950. The summed E-state index contributed by atoms with van der Waals surface area (Å²) in [5.74, 6) is 0.668. The molecule has 0 amide bonds. The molecule has 1 saturated carbocycles. The van der Waals surface area contributed by atoms with E-state index in [1.165, 1.54) is 6.07 Å². The molecule has 1 aliphatic heterocycles. The molecule has 1 aliphatic carbocycles. The van der Waals surface area contributed by atoms with Gasteiger partial charge in [0.2, 0.25) is 5.88 Å². The Morgan fingerprint density at radius 3 is 2.67 bits per heavy atom. The first-order chi connectivity index (χ1) is 21.9. The summed E-state index contributed by atoms with van der Waals surface area (Å²) in [6.07, 6.45) is 3.99. The number of aryl methyl sites for hydroxylation is 1. The topological polar surface area (TPSA) is 125 Å². The van der Waals surface area contributed by atoms with Gasteiger partial charge in [0, 0.05) is 50.0 Å². The number of fused-ring (bicyclic) bond motifs is 2. The lowest BCUT2D eigenvalue weighted by Crippen LogP contribution is -2.64. The molecule has 45 heavy (non-hydrogen) atoms. The number of imidazole rings is 1. The van der Waals surface area contributed by atoms with Crippen LogP contribution in [0.25, 0.3) is 11.0 Å². The Morgan fingerprint density at radius 1 is 1.07 bits per heavy atom. The van der Waals surface area contributed by atoms with Gasteiger partial charge in [-0.3, -0.25) is 9.58 Å². The summed E-state index contributed by atoms with van der Waals surface area (Å²) >= 11 is 0. The number of ether oxygens (including phenoxy) is 1. The molecule has 2 atom stereocenters. The zero-order valence-corrected chi connectivity index (χ0v) is 24.7. The van der Waals surface area contributed by atoms with Crippen LogP contribution in [-0.2, 0) is 26.7 Å². The van der Waals surface area contributed by atoms with Crippen LogP contribution in [0.2, 0.25) is 0 Å². The number of aromatic carboxylic acids is 1. The van der Waals surface area contributed by atoms with Crippen LogP contribution in [0.5, 0.6) is 5.88 Å². The lowest BCUT2D eigenvalue weighted by molar-refractivity contribution is 0.0624. The predicted molar refractivity (Wildman–Crippen MR) is 163 cm³/mol. The van der Waals surface area contributed by atoms with E-state index in [1.807, 2.05) is 37.5 Å². The van der Waals surface area contributed by atoms with Crippen LogP contribution in [0.1, 0.15) is 45.8 Å². The molecule has 1 saturated heterocycles. The fourth-order valence-corrected chi connectivity index (χ4v) is 6.33. The largest absolute Gasteiger partial charge is 0.478 e. The maximum atomic E-state index is 14.4. The van der Waals surface area contributed by atoms with Crippen LogP contribution in [0.15, 0.2) is 66.9 Å². The second-order valence-electron chi connectivity index (χ2n) is 11.5. The molecule has 2 aliphatic rings. The standard InChI is InChI=1S/C33H31FN8O3/c1-39-12-11-24(38-39)18-42-29-16-22(33(43)44)7-8-26(29)36-31(42)19-40-13-14-41(28-10-9-27(28)40)30-3-2-4-32(37-30)45-20-23-6-5-21(17-35)15-25(23)34/h2-8,11-12,15-16,27-28H,9-10,13-14,18-20H2,1H3,(H,43,44). The van der Waals surface area contributed by atoms with Gasteiger partial charge >= 0.3 is 5.97 Å². The molecule has 0 radical (unpaired) electrons. The van der Waals surface area contributed by atoms with Gasteiger partial charge in [0.1, 0.15) is 24.1 Å². The molecule has 4 heterocycles. The summed E-state index contributed by atoms with van der Waals surface area (Å²) in [6.45, 7) is 2.71. The molecule has 5 aromatic rings. The number of aromatic nitrogens is 5. The number of anilines is 1. The lowest BCUT2D eigenvalue weighted by Gasteiger charge is -2.54. The Balaban J connectivity index is 1.08. The minimum absolute atomic E-state index is 0.0152. The highest BCUT2D eigenvalue weighted by Gasteiger charge is 2.43. The summed E-state index contributed by atoms with van der Waals surface area (Å²) < 4.78 is 24.0. The number of carboxylic acids is 1. The van der Waals surface area contributed by atoms with Gasteiger partial charge in [-0.15, -0.1) is 0 Å². The van der Waals surface area contributed by atoms with Crippen molar-refractivity contribution in [2.24, 2.45) is 7.05 Å². The summed E-state index contributed by atoms with van der Waals surface area (Å²) in [4.78, 5) is 26.2. The summed E-state index contributed by atoms with van der Waals surface area (Å²) in [6, 6.07) is 19.5. The Kier molecular flexibility index (Phi) is 7.39. The number of hydrogen-bond donors (Lipinski definition) is 1. The SMILES string of the molecule is Cn1ccc(Cn2c(CN3CCN(c4cccc(OCc5ccc(C#N)cc5F)n4)C4CCC43)nc3ccc(C(=O)O)cc32)n1. The van der Waals surface area contributed by atoms with Crippen LogP contribution >= 0.6 is 0 Å². The van der Waals surface area contributed by atoms with E-state index in [1.54, 1.807) is 41.1 Å². The van der Waals surface area contributed by atoms with Gasteiger partial charge in [0.25, 0.3) is 0 Å². The number of carbonyl (C=O) groups is 1.